The Hall–Kier alpha value is -2.55. The predicted octanol–water partition coefficient (Wildman–Crippen LogP) is 0.877. The lowest BCUT2D eigenvalue weighted by Gasteiger charge is -2.13. The number of nitrogen functional groups attached to an aromatic ring is 1. The van der Waals surface area contributed by atoms with E-state index in [0.717, 1.165) is 0 Å². The van der Waals surface area contributed by atoms with Crippen molar-refractivity contribution in [2.45, 2.75) is 4.90 Å². The first kappa shape index (κ1) is 14.9. The first-order valence-corrected chi connectivity index (χ1v) is 7.29. The van der Waals surface area contributed by atoms with Crippen molar-refractivity contribution in [2.75, 3.05) is 24.7 Å². The number of rotatable bonds is 5. The monoisotopic (exact) mass is 310 g/mol. The number of nitrogens with two attached hydrogens (primary N) is 1. The molecule has 0 spiro atoms. The molecule has 0 aliphatic heterocycles. The molecule has 0 amide bonds. The molecule has 0 aliphatic carbocycles. The van der Waals surface area contributed by atoms with Crippen LogP contribution in [0.15, 0.2) is 35.2 Å². The van der Waals surface area contributed by atoms with Gasteiger partial charge < -0.3 is 15.2 Å². The zero-order chi connectivity index (χ0) is 15.5. The van der Waals surface area contributed by atoms with Gasteiger partial charge in [0.1, 0.15) is 0 Å². The van der Waals surface area contributed by atoms with E-state index in [4.69, 9.17) is 15.2 Å². The number of anilines is 2. The molecule has 8 nitrogen and oxygen atoms in total. The number of methoxy groups -OCH3 is 2. The normalized spacial score (nSPS) is 11.0. The van der Waals surface area contributed by atoms with E-state index in [0.29, 0.717) is 0 Å². The second-order valence-corrected chi connectivity index (χ2v) is 5.57. The second kappa shape index (κ2) is 5.83. The third-order valence-electron chi connectivity index (χ3n) is 2.53. The van der Waals surface area contributed by atoms with Gasteiger partial charge in [-0.25, -0.2) is 8.42 Å². The van der Waals surface area contributed by atoms with E-state index in [-0.39, 0.29) is 28.3 Å². The average Bonchev–Trinajstić information content (AvgIpc) is 2.47. The minimum Gasteiger partial charge on any atom is -0.489 e. The second-order valence-electron chi connectivity index (χ2n) is 3.89. The van der Waals surface area contributed by atoms with Crippen molar-refractivity contribution in [3.05, 3.63) is 30.3 Å². The van der Waals surface area contributed by atoms with E-state index in [1.54, 1.807) is 18.2 Å². The molecule has 112 valence electrons. The first-order valence-electron chi connectivity index (χ1n) is 5.81. The van der Waals surface area contributed by atoms with Gasteiger partial charge >= 0.3 is 0 Å². The zero-order valence-electron chi connectivity index (χ0n) is 11.4. The Balaban J connectivity index is 2.46. The largest absolute Gasteiger partial charge is 0.489 e. The molecule has 1 aromatic heterocycles. The van der Waals surface area contributed by atoms with Crippen LogP contribution in [0.25, 0.3) is 0 Å². The van der Waals surface area contributed by atoms with Crippen LogP contribution in [0.4, 0.5) is 11.8 Å². The summed E-state index contributed by atoms with van der Waals surface area (Å²) >= 11 is 0. The lowest BCUT2D eigenvalue weighted by atomic mass is 10.4. The predicted molar refractivity (Wildman–Crippen MR) is 76.8 cm³/mol. The highest BCUT2D eigenvalue weighted by molar-refractivity contribution is 7.92. The quantitative estimate of drug-likeness (QED) is 0.841. The van der Waals surface area contributed by atoms with Gasteiger partial charge in [-0.05, 0) is 12.1 Å². The summed E-state index contributed by atoms with van der Waals surface area (Å²) in [5, 5.41) is 0. The molecule has 0 radical (unpaired) electrons. The van der Waals surface area contributed by atoms with Crippen LogP contribution in [0.3, 0.4) is 0 Å². The fraction of sp³-hybridized carbons (Fsp3) is 0.167. The highest BCUT2D eigenvalue weighted by Crippen LogP contribution is 2.33. The molecule has 0 bridgehead atoms. The Morgan fingerprint density at radius 3 is 2.33 bits per heavy atom. The molecule has 0 saturated heterocycles. The van der Waals surface area contributed by atoms with E-state index in [2.05, 4.69) is 14.7 Å². The zero-order valence-corrected chi connectivity index (χ0v) is 12.2. The van der Waals surface area contributed by atoms with E-state index in [1.807, 2.05) is 0 Å². The molecule has 3 N–H and O–H groups in total. The van der Waals surface area contributed by atoms with Crippen LogP contribution in [0, 0.1) is 0 Å². The Labute approximate surface area is 122 Å². The molecule has 0 unspecified atom stereocenters. The van der Waals surface area contributed by atoms with Gasteiger partial charge in [0.05, 0.1) is 19.1 Å². The third-order valence-corrected chi connectivity index (χ3v) is 3.89. The summed E-state index contributed by atoms with van der Waals surface area (Å²) in [4.78, 5) is 7.73. The Morgan fingerprint density at radius 2 is 1.76 bits per heavy atom. The highest BCUT2D eigenvalue weighted by atomic mass is 32.2. The molecule has 0 fully saturated rings. The maximum Gasteiger partial charge on any atom is 0.264 e. The van der Waals surface area contributed by atoms with E-state index >= 15 is 0 Å². The van der Waals surface area contributed by atoms with Gasteiger partial charge in [-0.1, -0.05) is 18.2 Å². The number of benzene rings is 1. The van der Waals surface area contributed by atoms with Crippen LogP contribution in [-0.4, -0.2) is 32.6 Å². The maximum absolute atomic E-state index is 12.3. The number of aromatic nitrogens is 2. The molecule has 1 aromatic carbocycles. The number of hydrogen-bond acceptors (Lipinski definition) is 7. The molecule has 21 heavy (non-hydrogen) atoms. The minimum atomic E-state index is -3.82. The molecule has 2 aromatic rings. The van der Waals surface area contributed by atoms with Gasteiger partial charge in [0, 0.05) is 0 Å². The van der Waals surface area contributed by atoms with E-state index < -0.39 is 10.0 Å². The lowest BCUT2D eigenvalue weighted by Crippen LogP contribution is -2.16. The third kappa shape index (κ3) is 3.14. The summed E-state index contributed by atoms with van der Waals surface area (Å²) in [7, 11) is -1.11. The molecular weight excluding hydrogens is 296 g/mol. The van der Waals surface area contributed by atoms with Gasteiger partial charge in [-0.3, -0.25) is 4.72 Å². The average molecular weight is 310 g/mol. The van der Waals surface area contributed by atoms with Crippen molar-refractivity contribution in [3.63, 3.8) is 0 Å². The Morgan fingerprint density at radius 1 is 1.10 bits per heavy atom. The molecule has 0 aliphatic rings. The van der Waals surface area contributed by atoms with Crippen LogP contribution in [0.5, 0.6) is 11.6 Å². The number of ether oxygens (including phenoxy) is 2. The summed E-state index contributed by atoms with van der Waals surface area (Å²) in [6.07, 6.45) is 0. The van der Waals surface area contributed by atoms with Crippen molar-refractivity contribution >= 4 is 21.8 Å². The fourth-order valence-corrected chi connectivity index (χ4v) is 2.65. The summed E-state index contributed by atoms with van der Waals surface area (Å²) in [5.41, 5.74) is 5.52. The van der Waals surface area contributed by atoms with Gasteiger partial charge in [0.25, 0.3) is 15.9 Å². The fourth-order valence-electron chi connectivity index (χ4n) is 1.62. The Bertz CT molecular complexity index is 734. The molecule has 1 heterocycles. The first-order chi connectivity index (χ1) is 9.97. The summed E-state index contributed by atoms with van der Waals surface area (Å²) in [6, 6.07) is 7.85. The summed E-state index contributed by atoms with van der Waals surface area (Å²) in [5.74, 6) is -0.147. The smallest absolute Gasteiger partial charge is 0.264 e. The van der Waals surface area contributed by atoms with Crippen molar-refractivity contribution in [1.29, 1.82) is 0 Å². The van der Waals surface area contributed by atoms with Crippen LogP contribution >= 0.6 is 0 Å². The van der Waals surface area contributed by atoms with E-state index in [1.165, 1.54) is 26.4 Å². The minimum absolute atomic E-state index is 0.0377. The van der Waals surface area contributed by atoms with Gasteiger partial charge in [0.2, 0.25) is 11.7 Å². The van der Waals surface area contributed by atoms with Crippen LogP contribution < -0.4 is 19.9 Å². The standard InChI is InChI=1S/C12H14N4O4S/c1-19-9-10(14-12(13)15-11(9)20-2)16-21(17,18)8-6-4-3-5-7-8/h3-7H,1-2H3,(H3,13,14,15,16). The number of sulfonamides is 1. The summed E-state index contributed by atoms with van der Waals surface area (Å²) in [6.45, 7) is 0. The molecule has 9 heteroatoms. The van der Waals surface area contributed by atoms with Crippen LogP contribution in [-0.2, 0) is 10.0 Å². The topological polar surface area (TPSA) is 116 Å². The summed E-state index contributed by atoms with van der Waals surface area (Å²) < 4.78 is 36.9. The van der Waals surface area contributed by atoms with Gasteiger partial charge in [-0.15, -0.1) is 0 Å². The molecular formula is C12H14N4O4S. The van der Waals surface area contributed by atoms with E-state index in [9.17, 15) is 8.42 Å². The SMILES string of the molecule is COc1nc(N)nc(NS(=O)(=O)c2ccccc2)c1OC. The number of nitrogens with zero attached hydrogens (tertiary/aromatic N) is 2. The van der Waals surface area contributed by atoms with Gasteiger partial charge in [-0.2, -0.15) is 9.97 Å². The lowest BCUT2D eigenvalue weighted by molar-refractivity contribution is 0.343. The van der Waals surface area contributed by atoms with Crippen LogP contribution in [0.2, 0.25) is 0 Å². The van der Waals surface area contributed by atoms with Crippen molar-refractivity contribution in [3.8, 4) is 11.6 Å². The van der Waals surface area contributed by atoms with Gasteiger partial charge in [0.15, 0.2) is 5.82 Å². The number of hydrogen-bond donors (Lipinski definition) is 2. The maximum atomic E-state index is 12.3. The van der Waals surface area contributed by atoms with Crippen LogP contribution in [0.1, 0.15) is 0 Å². The number of nitrogens with one attached hydrogen (secondary N) is 1. The highest BCUT2D eigenvalue weighted by Gasteiger charge is 2.21. The Kier molecular flexibility index (Phi) is 4.13. The van der Waals surface area contributed by atoms with Crippen molar-refractivity contribution in [2.24, 2.45) is 0 Å². The molecule has 0 atom stereocenters. The molecule has 2 rings (SSSR count). The van der Waals surface area contributed by atoms with Crippen molar-refractivity contribution < 1.29 is 17.9 Å². The molecule has 0 saturated carbocycles. The van der Waals surface area contributed by atoms with Crippen molar-refractivity contribution in [1.82, 2.24) is 9.97 Å².